The summed E-state index contributed by atoms with van der Waals surface area (Å²) < 4.78 is 0. The van der Waals surface area contributed by atoms with E-state index >= 15 is 0 Å². The molecular formula is C17H14Cl2N2O. The number of halogens is 2. The highest BCUT2D eigenvalue weighted by atomic mass is 35.5. The lowest BCUT2D eigenvalue weighted by molar-refractivity contribution is -0.112. The van der Waals surface area contributed by atoms with Crippen molar-refractivity contribution in [2.75, 3.05) is 19.0 Å². The highest BCUT2D eigenvalue weighted by molar-refractivity contribution is 6.43. The summed E-state index contributed by atoms with van der Waals surface area (Å²) in [6.45, 7) is 0. The van der Waals surface area contributed by atoms with E-state index in [1.54, 1.807) is 23.1 Å². The van der Waals surface area contributed by atoms with E-state index in [1.165, 1.54) is 0 Å². The second kappa shape index (κ2) is 5.67. The smallest absolute Gasteiger partial charge is 0.265 e. The van der Waals surface area contributed by atoms with E-state index in [9.17, 15) is 4.79 Å². The fourth-order valence-electron chi connectivity index (χ4n) is 2.55. The van der Waals surface area contributed by atoms with Gasteiger partial charge in [0.1, 0.15) is 0 Å². The fourth-order valence-corrected chi connectivity index (χ4v) is 3.12. The van der Waals surface area contributed by atoms with E-state index in [0.29, 0.717) is 21.3 Å². The van der Waals surface area contributed by atoms with Crippen LogP contribution in [0, 0.1) is 0 Å². The Morgan fingerprint density at radius 1 is 1.00 bits per heavy atom. The Kier molecular flexibility index (Phi) is 3.85. The zero-order valence-corrected chi connectivity index (χ0v) is 13.7. The number of hydrogen-bond acceptors (Lipinski definition) is 2. The second-order valence-electron chi connectivity index (χ2n) is 5.23. The molecule has 0 radical (unpaired) electrons. The molecule has 0 N–H and O–H groups in total. The number of benzene rings is 2. The average molecular weight is 333 g/mol. The second-order valence-corrected chi connectivity index (χ2v) is 6.05. The summed E-state index contributed by atoms with van der Waals surface area (Å²) in [7, 11) is 3.77. The van der Waals surface area contributed by atoms with Crippen molar-refractivity contribution in [2.45, 2.75) is 0 Å². The number of amides is 1. The van der Waals surface area contributed by atoms with E-state index in [4.69, 9.17) is 23.2 Å². The third kappa shape index (κ3) is 2.36. The van der Waals surface area contributed by atoms with E-state index in [1.807, 2.05) is 49.5 Å². The third-order valence-corrected chi connectivity index (χ3v) is 4.03. The Labute approximate surface area is 139 Å². The Morgan fingerprint density at radius 2 is 1.64 bits per heavy atom. The van der Waals surface area contributed by atoms with Crippen molar-refractivity contribution < 1.29 is 4.79 Å². The molecule has 0 unspecified atom stereocenters. The van der Waals surface area contributed by atoms with Crippen molar-refractivity contribution in [1.29, 1.82) is 0 Å². The number of rotatable bonds is 2. The van der Waals surface area contributed by atoms with Gasteiger partial charge in [-0.2, -0.15) is 0 Å². The van der Waals surface area contributed by atoms with Crippen molar-refractivity contribution in [3.8, 4) is 0 Å². The number of carbonyl (C=O) groups excluding carboxylic acids is 1. The minimum Gasteiger partial charge on any atom is -0.383 e. The maximum atomic E-state index is 12.9. The van der Waals surface area contributed by atoms with Crippen LogP contribution in [0.25, 0.3) is 5.57 Å². The van der Waals surface area contributed by atoms with Crippen LogP contribution in [0.4, 0.5) is 11.4 Å². The quantitative estimate of drug-likeness (QED) is 0.752. The number of fused-ring (bicyclic) bond motifs is 1. The molecule has 112 valence electrons. The first-order chi connectivity index (χ1) is 10.5. The Bertz CT molecular complexity index is 764. The molecule has 2 aromatic rings. The summed E-state index contributed by atoms with van der Waals surface area (Å²) in [4.78, 5) is 16.3. The summed E-state index contributed by atoms with van der Waals surface area (Å²) in [6, 6.07) is 12.8. The normalized spacial score (nSPS) is 15.4. The molecule has 1 aliphatic rings. The van der Waals surface area contributed by atoms with Gasteiger partial charge in [0, 0.05) is 25.9 Å². The van der Waals surface area contributed by atoms with E-state index in [2.05, 4.69) is 0 Å². The molecule has 0 fully saturated rings. The molecule has 3 rings (SSSR count). The molecule has 1 heterocycles. The van der Waals surface area contributed by atoms with Crippen LogP contribution < -0.4 is 4.90 Å². The predicted molar refractivity (Wildman–Crippen MR) is 91.7 cm³/mol. The third-order valence-electron chi connectivity index (χ3n) is 3.42. The molecule has 0 aromatic heterocycles. The zero-order chi connectivity index (χ0) is 15.9. The molecule has 0 aliphatic carbocycles. The van der Waals surface area contributed by atoms with Gasteiger partial charge in [0.2, 0.25) is 0 Å². The van der Waals surface area contributed by atoms with Gasteiger partial charge in [-0.25, -0.2) is 0 Å². The molecule has 1 amide bonds. The van der Waals surface area contributed by atoms with Crippen molar-refractivity contribution in [1.82, 2.24) is 4.90 Å². The fraction of sp³-hybridized carbons (Fsp3) is 0.118. The van der Waals surface area contributed by atoms with Crippen LogP contribution in [-0.4, -0.2) is 24.9 Å². The lowest BCUT2D eigenvalue weighted by atomic mass is 10.1. The molecule has 2 aromatic carbocycles. The summed E-state index contributed by atoms with van der Waals surface area (Å²) in [6.07, 6.45) is 1.81. The summed E-state index contributed by atoms with van der Waals surface area (Å²) in [5.41, 5.74) is 2.80. The number of hydrogen-bond donors (Lipinski definition) is 0. The van der Waals surface area contributed by atoms with Crippen LogP contribution in [0.5, 0.6) is 0 Å². The summed E-state index contributed by atoms with van der Waals surface area (Å²) in [5, 5.41) is 0.892. The zero-order valence-electron chi connectivity index (χ0n) is 12.2. The van der Waals surface area contributed by atoms with Crippen molar-refractivity contribution >= 4 is 46.1 Å². The lowest BCUT2D eigenvalue weighted by Gasteiger charge is -2.20. The topological polar surface area (TPSA) is 23.6 Å². The van der Waals surface area contributed by atoms with Gasteiger partial charge in [-0.15, -0.1) is 0 Å². The molecule has 22 heavy (non-hydrogen) atoms. The highest BCUT2D eigenvalue weighted by Crippen LogP contribution is 2.46. The first-order valence-electron chi connectivity index (χ1n) is 6.77. The SMILES string of the molecule is CN(C)/C=C1\C(=O)N(c2c(Cl)cccc2Cl)c2ccccc21. The summed E-state index contributed by atoms with van der Waals surface area (Å²) in [5.74, 6) is -0.134. The molecule has 0 saturated carbocycles. The van der Waals surface area contributed by atoms with Gasteiger partial charge in [-0.3, -0.25) is 9.69 Å². The monoisotopic (exact) mass is 332 g/mol. The number of para-hydroxylation sites is 2. The molecule has 0 atom stereocenters. The minimum absolute atomic E-state index is 0.134. The van der Waals surface area contributed by atoms with Gasteiger partial charge in [0.05, 0.1) is 27.0 Å². The Morgan fingerprint density at radius 3 is 2.27 bits per heavy atom. The average Bonchev–Trinajstić information content (AvgIpc) is 2.73. The van der Waals surface area contributed by atoms with Crippen LogP contribution >= 0.6 is 23.2 Å². The first kappa shape index (κ1) is 14.9. The van der Waals surface area contributed by atoms with E-state index < -0.39 is 0 Å². The summed E-state index contributed by atoms with van der Waals surface area (Å²) >= 11 is 12.6. The molecule has 0 spiro atoms. The number of anilines is 2. The van der Waals surface area contributed by atoms with Crippen LogP contribution in [0.15, 0.2) is 48.7 Å². The molecule has 5 heteroatoms. The van der Waals surface area contributed by atoms with Crippen LogP contribution in [0.3, 0.4) is 0 Å². The van der Waals surface area contributed by atoms with Crippen LogP contribution in [0.2, 0.25) is 10.0 Å². The molecule has 3 nitrogen and oxygen atoms in total. The molecular weight excluding hydrogens is 319 g/mol. The van der Waals surface area contributed by atoms with Crippen molar-refractivity contribution in [3.05, 3.63) is 64.3 Å². The maximum Gasteiger partial charge on any atom is 0.265 e. The highest BCUT2D eigenvalue weighted by Gasteiger charge is 2.35. The lowest BCUT2D eigenvalue weighted by Crippen LogP contribution is -2.22. The number of nitrogens with zero attached hydrogens (tertiary/aromatic N) is 2. The molecule has 0 bridgehead atoms. The Hall–Kier alpha value is -1.97. The number of carbonyl (C=O) groups is 1. The minimum atomic E-state index is -0.134. The van der Waals surface area contributed by atoms with Gasteiger partial charge >= 0.3 is 0 Å². The van der Waals surface area contributed by atoms with Gasteiger partial charge in [0.15, 0.2) is 0 Å². The van der Waals surface area contributed by atoms with Crippen LogP contribution in [0.1, 0.15) is 5.56 Å². The van der Waals surface area contributed by atoms with Crippen LogP contribution in [-0.2, 0) is 4.79 Å². The molecule has 1 aliphatic heterocycles. The largest absolute Gasteiger partial charge is 0.383 e. The van der Waals surface area contributed by atoms with Gasteiger partial charge in [-0.05, 0) is 18.2 Å². The maximum absolute atomic E-state index is 12.9. The van der Waals surface area contributed by atoms with Crippen molar-refractivity contribution in [2.24, 2.45) is 0 Å². The predicted octanol–water partition coefficient (Wildman–Crippen LogP) is 4.57. The van der Waals surface area contributed by atoms with Gasteiger partial charge < -0.3 is 4.90 Å². The first-order valence-corrected chi connectivity index (χ1v) is 7.52. The van der Waals surface area contributed by atoms with Gasteiger partial charge in [-0.1, -0.05) is 47.5 Å². The Balaban J connectivity index is 2.24. The van der Waals surface area contributed by atoms with E-state index in [-0.39, 0.29) is 5.91 Å². The van der Waals surface area contributed by atoms with E-state index in [0.717, 1.165) is 11.3 Å². The molecule has 0 saturated heterocycles. The standard InChI is InChI=1S/C17H14Cl2N2O/c1-20(2)10-12-11-6-3-4-9-15(11)21(17(12)22)16-13(18)7-5-8-14(16)19/h3-10H,1-2H3/b12-10-. The van der Waals surface area contributed by atoms with Crippen molar-refractivity contribution in [3.63, 3.8) is 0 Å². The van der Waals surface area contributed by atoms with Gasteiger partial charge in [0.25, 0.3) is 5.91 Å².